The first kappa shape index (κ1) is 17.5. The average molecular weight is 346 g/mol. The van der Waals surface area contributed by atoms with Crippen molar-refractivity contribution in [3.8, 4) is 0 Å². The molecule has 1 aromatic rings. The van der Waals surface area contributed by atoms with E-state index in [2.05, 4.69) is 5.32 Å². The molecule has 22 heavy (non-hydrogen) atoms. The molecule has 1 amide bonds. The number of carbonyl (C=O) groups excluding carboxylic acids is 1. The Morgan fingerprint density at radius 3 is 2.82 bits per heavy atom. The number of rotatable bonds is 7. The van der Waals surface area contributed by atoms with Crippen LogP contribution in [0, 0.1) is 5.92 Å². The monoisotopic (exact) mass is 345 g/mol. The van der Waals surface area contributed by atoms with Gasteiger partial charge in [0.1, 0.15) is 0 Å². The van der Waals surface area contributed by atoms with Crippen LogP contribution >= 0.6 is 23.2 Å². The molecule has 0 bridgehead atoms. The van der Waals surface area contributed by atoms with Crippen molar-refractivity contribution in [2.24, 2.45) is 5.92 Å². The van der Waals surface area contributed by atoms with Crippen molar-refractivity contribution < 1.29 is 14.6 Å². The van der Waals surface area contributed by atoms with Crippen molar-refractivity contribution in [3.63, 3.8) is 0 Å². The molecule has 1 saturated carbocycles. The lowest BCUT2D eigenvalue weighted by Crippen LogP contribution is -2.50. The molecule has 3 unspecified atom stereocenters. The first-order valence-corrected chi connectivity index (χ1v) is 8.02. The Labute approximate surface area is 140 Å². The lowest BCUT2D eigenvalue weighted by molar-refractivity contribution is -0.125. The van der Waals surface area contributed by atoms with Gasteiger partial charge in [0, 0.05) is 29.7 Å². The Morgan fingerprint density at radius 1 is 1.50 bits per heavy atom. The van der Waals surface area contributed by atoms with Crippen LogP contribution in [0.25, 0.3) is 0 Å². The Hall–Kier alpha value is -0.810. The zero-order valence-electron chi connectivity index (χ0n) is 12.7. The molecule has 0 aliphatic heterocycles. The second kappa shape index (κ2) is 7.18. The predicted octanol–water partition coefficient (Wildman–Crippen LogP) is 3.00. The van der Waals surface area contributed by atoms with Crippen molar-refractivity contribution in [2.45, 2.75) is 31.2 Å². The average Bonchev–Trinajstić information content (AvgIpc) is 3.19. The van der Waals surface area contributed by atoms with E-state index in [9.17, 15) is 4.79 Å². The van der Waals surface area contributed by atoms with E-state index in [1.165, 1.54) is 0 Å². The summed E-state index contributed by atoms with van der Waals surface area (Å²) in [5, 5.41) is 13.3. The summed E-state index contributed by atoms with van der Waals surface area (Å²) in [5.74, 6) is 0.0169. The van der Waals surface area contributed by atoms with Gasteiger partial charge in [-0.25, -0.2) is 0 Å². The van der Waals surface area contributed by atoms with Gasteiger partial charge < -0.3 is 15.2 Å². The molecule has 1 aliphatic rings. The molecule has 6 heteroatoms. The van der Waals surface area contributed by atoms with Crippen molar-refractivity contribution >= 4 is 29.1 Å². The van der Waals surface area contributed by atoms with Crippen molar-refractivity contribution in [1.82, 2.24) is 5.32 Å². The molecule has 4 nitrogen and oxygen atoms in total. The van der Waals surface area contributed by atoms with Gasteiger partial charge in [0.2, 0.25) is 5.91 Å². The Kier molecular flexibility index (Phi) is 5.72. The minimum atomic E-state index is -0.558. The fourth-order valence-electron chi connectivity index (χ4n) is 2.76. The summed E-state index contributed by atoms with van der Waals surface area (Å²) >= 11 is 12.1. The van der Waals surface area contributed by atoms with Gasteiger partial charge in [-0.05, 0) is 43.4 Å². The molecule has 2 N–H and O–H groups in total. The fraction of sp³-hybridized carbons (Fsp3) is 0.562. The standard InChI is InChI=1S/C16H21Cl2NO3/c1-16(5-6-20,9-22-2)19-15(21)13-8-12(13)11-4-3-10(17)7-14(11)18/h3-4,7,12-13,20H,5-6,8-9H2,1-2H3,(H,19,21). The summed E-state index contributed by atoms with van der Waals surface area (Å²) in [6, 6.07) is 5.37. The highest BCUT2D eigenvalue weighted by Gasteiger charge is 2.46. The summed E-state index contributed by atoms with van der Waals surface area (Å²) in [7, 11) is 1.58. The molecule has 0 aromatic heterocycles. The number of hydrogen-bond acceptors (Lipinski definition) is 3. The number of ether oxygens (including phenoxy) is 1. The largest absolute Gasteiger partial charge is 0.396 e. The third-order valence-electron chi connectivity index (χ3n) is 4.04. The van der Waals surface area contributed by atoms with Crippen LogP contribution in [-0.4, -0.2) is 36.9 Å². The molecule has 0 saturated heterocycles. The molecule has 2 rings (SSSR count). The number of benzene rings is 1. The number of halogens is 2. The van der Waals surface area contributed by atoms with Crippen LogP contribution in [0.4, 0.5) is 0 Å². The summed E-state index contributed by atoms with van der Waals surface area (Å²) < 4.78 is 5.14. The van der Waals surface area contributed by atoms with Crippen molar-refractivity contribution in [1.29, 1.82) is 0 Å². The van der Waals surface area contributed by atoms with Gasteiger partial charge in [-0.1, -0.05) is 29.3 Å². The van der Waals surface area contributed by atoms with E-state index in [0.717, 1.165) is 12.0 Å². The van der Waals surface area contributed by atoms with Gasteiger partial charge in [-0.2, -0.15) is 0 Å². The number of aliphatic hydroxyl groups is 1. The van der Waals surface area contributed by atoms with Crippen LogP contribution in [0.15, 0.2) is 18.2 Å². The lowest BCUT2D eigenvalue weighted by Gasteiger charge is -2.29. The highest BCUT2D eigenvalue weighted by Crippen LogP contribution is 2.50. The maximum Gasteiger partial charge on any atom is 0.224 e. The maximum atomic E-state index is 12.4. The topological polar surface area (TPSA) is 58.6 Å². The van der Waals surface area contributed by atoms with Gasteiger partial charge in [0.15, 0.2) is 0 Å². The SMILES string of the molecule is COCC(C)(CCO)NC(=O)C1CC1c1ccc(Cl)cc1Cl. The molecule has 3 atom stereocenters. The quantitative estimate of drug-likeness (QED) is 0.798. The van der Waals surface area contributed by atoms with Crippen molar-refractivity contribution in [3.05, 3.63) is 33.8 Å². The predicted molar refractivity (Wildman–Crippen MR) is 87.4 cm³/mol. The normalized spacial score (nSPS) is 23.0. The Bertz CT molecular complexity index is 544. The number of hydrogen-bond donors (Lipinski definition) is 2. The molecule has 0 spiro atoms. The van der Waals surface area contributed by atoms with Gasteiger partial charge in [0.05, 0.1) is 12.1 Å². The van der Waals surface area contributed by atoms with Crippen LogP contribution in [-0.2, 0) is 9.53 Å². The molecular weight excluding hydrogens is 325 g/mol. The molecule has 0 heterocycles. The molecular formula is C16H21Cl2NO3. The Balaban J connectivity index is 2.00. The summed E-state index contributed by atoms with van der Waals surface area (Å²) in [6.45, 7) is 2.23. The number of carbonyl (C=O) groups is 1. The number of aliphatic hydroxyl groups excluding tert-OH is 1. The van der Waals surface area contributed by atoms with Crippen LogP contribution in [0.5, 0.6) is 0 Å². The number of amides is 1. The van der Waals surface area contributed by atoms with E-state index < -0.39 is 5.54 Å². The second-order valence-corrected chi connectivity index (χ2v) is 6.91. The Morgan fingerprint density at radius 2 is 2.23 bits per heavy atom. The minimum absolute atomic E-state index is 0.00273. The smallest absolute Gasteiger partial charge is 0.224 e. The van der Waals surface area contributed by atoms with E-state index in [4.69, 9.17) is 33.0 Å². The zero-order valence-corrected chi connectivity index (χ0v) is 14.2. The van der Waals surface area contributed by atoms with E-state index in [1.54, 1.807) is 19.2 Å². The number of methoxy groups -OCH3 is 1. The van der Waals surface area contributed by atoms with E-state index >= 15 is 0 Å². The van der Waals surface area contributed by atoms with Crippen LogP contribution in [0.2, 0.25) is 10.0 Å². The zero-order chi connectivity index (χ0) is 16.3. The lowest BCUT2D eigenvalue weighted by atomic mass is 9.98. The van der Waals surface area contributed by atoms with E-state index in [1.807, 2.05) is 13.0 Å². The summed E-state index contributed by atoms with van der Waals surface area (Å²) in [5.41, 5.74) is 0.402. The first-order valence-electron chi connectivity index (χ1n) is 7.27. The fourth-order valence-corrected chi connectivity index (χ4v) is 3.31. The summed E-state index contributed by atoms with van der Waals surface area (Å²) in [4.78, 5) is 12.4. The van der Waals surface area contributed by atoms with Gasteiger partial charge in [0.25, 0.3) is 0 Å². The van der Waals surface area contributed by atoms with Crippen LogP contribution in [0.3, 0.4) is 0 Å². The highest BCUT2D eigenvalue weighted by atomic mass is 35.5. The molecule has 122 valence electrons. The van der Waals surface area contributed by atoms with E-state index in [-0.39, 0.29) is 24.3 Å². The molecule has 1 aromatic carbocycles. The summed E-state index contributed by atoms with van der Waals surface area (Å²) in [6.07, 6.45) is 1.22. The second-order valence-electron chi connectivity index (χ2n) is 6.07. The van der Waals surface area contributed by atoms with Crippen molar-refractivity contribution in [2.75, 3.05) is 20.3 Å². The minimum Gasteiger partial charge on any atom is -0.396 e. The molecule has 0 radical (unpaired) electrons. The third kappa shape index (κ3) is 4.13. The van der Waals surface area contributed by atoms with Gasteiger partial charge >= 0.3 is 0 Å². The maximum absolute atomic E-state index is 12.4. The van der Waals surface area contributed by atoms with E-state index in [0.29, 0.717) is 23.1 Å². The van der Waals surface area contributed by atoms with Crippen LogP contribution in [0.1, 0.15) is 31.2 Å². The number of nitrogens with one attached hydrogen (secondary N) is 1. The van der Waals surface area contributed by atoms with Gasteiger partial charge in [-0.3, -0.25) is 4.79 Å². The first-order chi connectivity index (χ1) is 10.4. The third-order valence-corrected chi connectivity index (χ3v) is 4.60. The molecule has 1 aliphatic carbocycles. The highest BCUT2D eigenvalue weighted by molar-refractivity contribution is 6.35. The molecule has 1 fully saturated rings. The van der Waals surface area contributed by atoms with Crippen LogP contribution < -0.4 is 5.32 Å². The van der Waals surface area contributed by atoms with Gasteiger partial charge in [-0.15, -0.1) is 0 Å².